The monoisotopic (exact) mass is 459 g/mol. The molecule has 1 saturated carbocycles. The van der Waals surface area contributed by atoms with Crippen LogP contribution >= 0.6 is 0 Å². The summed E-state index contributed by atoms with van der Waals surface area (Å²) < 4.78 is 18.6. The molecule has 0 aromatic heterocycles. The van der Waals surface area contributed by atoms with Gasteiger partial charge >= 0.3 is 0 Å². The molecule has 7 rings (SSSR count). The highest BCUT2D eigenvalue weighted by atomic mass is 16.5. The standard InChI is InChI=1S/C29H33NO4/c1-26(2)15-29(20-7-4-5-8-22(20)30(25(29)31)16-27(3)17-32-18-27)21-13-19-9-12-28(10-6-11-28)34-23(19)14-24(21)33-26/h4-5,7-8,13-14H,6,9-12,15-18H2,1-3H3. The van der Waals surface area contributed by atoms with Gasteiger partial charge in [0.25, 0.3) is 0 Å². The molecule has 1 saturated heterocycles. The Morgan fingerprint density at radius 1 is 0.941 bits per heavy atom. The Morgan fingerprint density at radius 2 is 1.74 bits per heavy atom. The molecule has 2 aromatic rings. The number of aryl methyl sites for hydroxylation is 1. The smallest absolute Gasteiger partial charge is 0.242 e. The first-order valence-electron chi connectivity index (χ1n) is 12.8. The first kappa shape index (κ1) is 20.8. The van der Waals surface area contributed by atoms with Gasteiger partial charge in [0.1, 0.15) is 28.1 Å². The van der Waals surface area contributed by atoms with Crippen LogP contribution in [0.25, 0.3) is 0 Å². The summed E-state index contributed by atoms with van der Waals surface area (Å²) in [5.74, 6) is 1.92. The Bertz CT molecular complexity index is 1210. The molecule has 1 aliphatic carbocycles. The number of ether oxygens (including phenoxy) is 3. The molecule has 4 aliphatic heterocycles. The Morgan fingerprint density at radius 3 is 2.44 bits per heavy atom. The summed E-state index contributed by atoms with van der Waals surface area (Å²) in [6.45, 7) is 8.49. The van der Waals surface area contributed by atoms with Crippen molar-refractivity contribution < 1.29 is 19.0 Å². The van der Waals surface area contributed by atoms with Gasteiger partial charge in [0.2, 0.25) is 5.91 Å². The molecule has 4 heterocycles. The molecule has 0 radical (unpaired) electrons. The van der Waals surface area contributed by atoms with Crippen LogP contribution in [0.5, 0.6) is 11.5 Å². The van der Waals surface area contributed by atoms with Crippen molar-refractivity contribution in [2.45, 2.75) is 75.9 Å². The normalized spacial score (nSPS) is 28.8. The minimum Gasteiger partial charge on any atom is -0.487 e. The average molecular weight is 460 g/mol. The van der Waals surface area contributed by atoms with Crippen molar-refractivity contribution in [3.8, 4) is 11.5 Å². The van der Waals surface area contributed by atoms with E-state index >= 15 is 0 Å². The third-order valence-electron chi connectivity index (χ3n) is 8.85. The quantitative estimate of drug-likeness (QED) is 0.622. The predicted molar refractivity (Wildman–Crippen MR) is 130 cm³/mol. The molecule has 178 valence electrons. The van der Waals surface area contributed by atoms with Crippen LogP contribution < -0.4 is 14.4 Å². The van der Waals surface area contributed by atoms with Crippen molar-refractivity contribution in [2.75, 3.05) is 24.7 Å². The molecule has 2 fully saturated rings. The molecule has 0 N–H and O–H groups in total. The minimum absolute atomic E-state index is 0.00139. The third kappa shape index (κ3) is 2.73. The van der Waals surface area contributed by atoms with Crippen LogP contribution in [0.4, 0.5) is 5.69 Å². The van der Waals surface area contributed by atoms with E-state index in [1.165, 1.54) is 12.0 Å². The predicted octanol–water partition coefficient (Wildman–Crippen LogP) is 5.16. The lowest BCUT2D eigenvalue weighted by molar-refractivity contribution is -0.127. The number of carbonyl (C=O) groups is 1. The number of rotatable bonds is 2. The number of anilines is 1. The Labute approximate surface area is 201 Å². The zero-order valence-corrected chi connectivity index (χ0v) is 20.4. The number of fused-ring (bicyclic) bond motifs is 5. The van der Waals surface area contributed by atoms with E-state index in [-0.39, 0.29) is 16.9 Å². The molecule has 5 heteroatoms. The van der Waals surface area contributed by atoms with Gasteiger partial charge in [0.05, 0.1) is 13.2 Å². The van der Waals surface area contributed by atoms with Gasteiger partial charge in [0.15, 0.2) is 0 Å². The highest BCUT2D eigenvalue weighted by Gasteiger charge is 2.59. The second kappa shape index (κ2) is 6.57. The van der Waals surface area contributed by atoms with Crippen LogP contribution in [0.15, 0.2) is 36.4 Å². The van der Waals surface area contributed by atoms with Crippen molar-refractivity contribution in [2.24, 2.45) is 5.41 Å². The summed E-state index contributed by atoms with van der Waals surface area (Å²) in [4.78, 5) is 16.6. The van der Waals surface area contributed by atoms with E-state index in [9.17, 15) is 4.79 Å². The van der Waals surface area contributed by atoms with Crippen molar-refractivity contribution in [1.82, 2.24) is 0 Å². The molecule has 1 amide bonds. The van der Waals surface area contributed by atoms with Gasteiger partial charge in [-0.3, -0.25) is 4.79 Å². The largest absolute Gasteiger partial charge is 0.487 e. The van der Waals surface area contributed by atoms with Crippen molar-refractivity contribution >= 4 is 11.6 Å². The van der Waals surface area contributed by atoms with E-state index in [0.717, 1.165) is 54.0 Å². The van der Waals surface area contributed by atoms with Crippen LogP contribution in [0.2, 0.25) is 0 Å². The molecule has 2 spiro atoms. The minimum atomic E-state index is -0.741. The van der Waals surface area contributed by atoms with Crippen LogP contribution in [0.3, 0.4) is 0 Å². The van der Waals surface area contributed by atoms with Gasteiger partial charge in [-0.2, -0.15) is 0 Å². The lowest BCUT2D eigenvalue weighted by atomic mass is 9.66. The fourth-order valence-electron chi connectivity index (χ4n) is 6.99. The van der Waals surface area contributed by atoms with Crippen LogP contribution in [0.1, 0.15) is 69.6 Å². The number of amides is 1. The summed E-state index contributed by atoms with van der Waals surface area (Å²) in [5, 5.41) is 0. The Kier molecular flexibility index (Phi) is 4.02. The van der Waals surface area contributed by atoms with Gasteiger partial charge in [-0.1, -0.05) is 25.1 Å². The fourth-order valence-corrected chi connectivity index (χ4v) is 6.99. The average Bonchev–Trinajstić information content (AvgIpc) is 2.98. The van der Waals surface area contributed by atoms with Crippen LogP contribution in [0, 0.1) is 5.41 Å². The SMILES string of the molecule is CC1(CN2C(=O)C3(CC(C)(C)Oc4cc5c(cc43)CCC3(CCC3)O5)c3ccccc32)COC1. The zero-order valence-electron chi connectivity index (χ0n) is 20.4. The molecule has 2 aromatic carbocycles. The summed E-state index contributed by atoms with van der Waals surface area (Å²) in [7, 11) is 0. The number of hydrogen-bond acceptors (Lipinski definition) is 4. The third-order valence-corrected chi connectivity index (χ3v) is 8.85. The maximum absolute atomic E-state index is 14.5. The molecule has 0 bridgehead atoms. The van der Waals surface area contributed by atoms with Gasteiger partial charge in [-0.25, -0.2) is 0 Å². The van der Waals surface area contributed by atoms with Gasteiger partial charge in [0, 0.05) is 35.7 Å². The maximum atomic E-state index is 14.5. The maximum Gasteiger partial charge on any atom is 0.242 e. The van der Waals surface area contributed by atoms with Crippen molar-refractivity contribution in [1.29, 1.82) is 0 Å². The number of benzene rings is 2. The lowest BCUT2D eigenvalue weighted by Gasteiger charge is -2.47. The van der Waals surface area contributed by atoms with Crippen molar-refractivity contribution in [3.05, 3.63) is 53.1 Å². The van der Waals surface area contributed by atoms with Gasteiger partial charge in [-0.15, -0.1) is 0 Å². The van der Waals surface area contributed by atoms with E-state index in [0.29, 0.717) is 26.2 Å². The summed E-state index contributed by atoms with van der Waals surface area (Å²) in [6, 6.07) is 12.7. The van der Waals surface area contributed by atoms with E-state index in [1.54, 1.807) is 0 Å². The highest BCUT2D eigenvalue weighted by Crippen LogP contribution is 2.58. The summed E-state index contributed by atoms with van der Waals surface area (Å²) >= 11 is 0. The molecule has 1 unspecified atom stereocenters. The van der Waals surface area contributed by atoms with E-state index < -0.39 is 11.0 Å². The molecule has 1 atom stereocenters. The van der Waals surface area contributed by atoms with Gasteiger partial charge < -0.3 is 19.1 Å². The molecule has 34 heavy (non-hydrogen) atoms. The number of hydrogen-bond donors (Lipinski definition) is 0. The Hall–Kier alpha value is -2.53. The first-order valence-corrected chi connectivity index (χ1v) is 12.8. The van der Waals surface area contributed by atoms with Gasteiger partial charge in [-0.05, 0) is 69.2 Å². The zero-order chi connectivity index (χ0) is 23.3. The number of carbonyl (C=O) groups excluding carboxylic acids is 1. The molecule has 5 nitrogen and oxygen atoms in total. The lowest BCUT2D eigenvalue weighted by Crippen LogP contribution is -2.54. The number of nitrogens with zero attached hydrogens (tertiary/aromatic N) is 1. The summed E-state index contributed by atoms with van der Waals surface area (Å²) in [5.41, 5.74) is 3.16. The molecule has 5 aliphatic rings. The Balaban J connectivity index is 1.39. The fraction of sp³-hybridized carbons (Fsp3) is 0.552. The number of para-hydroxylation sites is 1. The second-order valence-corrected chi connectivity index (χ2v) is 12.3. The second-order valence-electron chi connectivity index (χ2n) is 12.3. The van der Waals surface area contributed by atoms with Crippen molar-refractivity contribution in [3.63, 3.8) is 0 Å². The summed E-state index contributed by atoms with van der Waals surface area (Å²) in [6.07, 6.45) is 6.21. The van der Waals surface area contributed by atoms with Crippen LogP contribution in [-0.4, -0.2) is 36.9 Å². The van der Waals surface area contributed by atoms with E-state index in [2.05, 4.69) is 51.1 Å². The van der Waals surface area contributed by atoms with E-state index in [4.69, 9.17) is 14.2 Å². The van der Waals surface area contributed by atoms with E-state index in [1.807, 2.05) is 11.0 Å². The first-order chi connectivity index (χ1) is 16.2. The topological polar surface area (TPSA) is 48.0 Å². The highest BCUT2D eigenvalue weighted by molar-refractivity contribution is 6.11. The molecular formula is C29H33NO4. The molecular weight excluding hydrogens is 426 g/mol. The van der Waals surface area contributed by atoms with Crippen LogP contribution in [-0.2, 0) is 21.4 Å².